The molecule has 2 amide bonds. The first-order chi connectivity index (χ1) is 21.1. The monoisotopic (exact) mass is 625 g/mol. The van der Waals surface area contributed by atoms with Gasteiger partial charge in [-0.25, -0.2) is 19.6 Å². The normalized spacial score (nSPS) is 20.0. The number of H-pyrrole nitrogens is 2. The topological polar surface area (TPSA) is 130 Å². The van der Waals surface area contributed by atoms with E-state index in [-0.39, 0.29) is 42.8 Å². The van der Waals surface area contributed by atoms with E-state index in [4.69, 9.17) is 11.6 Å². The van der Waals surface area contributed by atoms with Gasteiger partial charge in [-0.2, -0.15) is 18.3 Å². The molecule has 3 aliphatic rings. The minimum atomic E-state index is -4.42. The number of amides is 2. The molecular weight excluding hydrogens is 599 g/mol. The molecule has 0 bridgehead atoms. The third-order valence-electron chi connectivity index (χ3n) is 9.52. The molecule has 44 heavy (non-hydrogen) atoms. The number of hydrogen-bond donors (Lipinski definition) is 3. The van der Waals surface area contributed by atoms with Gasteiger partial charge in [0.2, 0.25) is 0 Å². The van der Waals surface area contributed by atoms with E-state index in [2.05, 4.69) is 30.5 Å². The molecule has 2 aliphatic heterocycles. The molecule has 1 saturated heterocycles. The summed E-state index contributed by atoms with van der Waals surface area (Å²) in [6.45, 7) is 0.950. The molecule has 1 aliphatic carbocycles. The molecular formula is C29H27ClF3N9O2. The first kappa shape index (κ1) is 27.2. The van der Waals surface area contributed by atoms with Crippen molar-refractivity contribution in [2.75, 3.05) is 13.1 Å². The largest absolute Gasteiger partial charge is 0.399 e. The van der Waals surface area contributed by atoms with Gasteiger partial charge in [-0.05, 0) is 55.0 Å². The Morgan fingerprint density at radius 1 is 1.16 bits per heavy atom. The molecule has 1 saturated carbocycles. The van der Waals surface area contributed by atoms with Crippen LogP contribution in [0.1, 0.15) is 60.4 Å². The molecule has 3 N–H and O–H groups in total. The summed E-state index contributed by atoms with van der Waals surface area (Å²) in [5.41, 5.74) is 1.39. The van der Waals surface area contributed by atoms with Crippen LogP contribution >= 0.6 is 11.6 Å². The number of likely N-dealkylation sites (tertiary alicyclic amines) is 1. The molecule has 0 radical (unpaired) electrons. The fraction of sp³-hybridized carbons (Fsp3) is 0.414. The zero-order valence-electron chi connectivity index (χ0n) is 23.3. The van der Waals surface area contributed by atoms with Gasteiger partial charge in [0.25, 0.3) is 0 Å². The molecule has 0 spiro atoms. The Bertz CT molecular complexity index is 2000. The maximum atomic E-state index is 14.3. The molecule has 6 heterocycles. The molecule has 4 aromatic heterocycles. The molecule has 8 rings (SSSR count). The summed E-state index contributed by atoms with van der Waals surface area (Å²) in [6, 6.07) is 4.27. The molecule has 2 fully saturated rings. The summed E-state index contributed by atoms with van der Waals surface area (Å²) >= 11 is 6.56. The number of rotatable bonds is 3. The van der Waals surface area contributed by atoms with Crippen molar-refractivity contribution in [1.29, 1.82) is 0 Å². The van der Waals surface area contributed by atoms with Crippen molar-refractivity contribution in [1.82, 2.24) is 44.5 Å². The number of hydrogen-bond acceptors (Lipinski definition) is 5. The number of fused-ring (bicyclic) bond motifs is 5. The van der Waals surface area contributed by atoms with Gasteiger partial charge in [-0.1, -0.05) is 11.6 Å². The van der Waals surface area contributed by atoms with E-state index in [1.807, 2.05) is 6.07 Å². The average molecular weight is 626 g/mol. The number of aromatic nitrogens is 7. The first-order valence-corrected chi connectivity index (χ1v) is 14.9. The van der Waals surface area contributed by atoms with E-state index in [0.717, 1.165) is 22.0 Å². The molecule has 228 valence electrons. The highest BCUT2D eigenvalue weighted by Gasteiger charge is 2.66. The van der Waals surface area contributed by atoms with Crippen LogP contribution in [0, 0.1) is 0 Å². The van der Waals surface area contributed by atoms with Crippen molar-refractivity contribution < 1.29 is 18.0 Å². The van der Waals surface area contributed by atoms with E-state index in [9.17, 15) is 22.8 Å². The lowest BCUT2D eigenvalue weighted by Crippen LogP contribution is -2.47. The Hall–Kier alpha value is -4.33. The number of piperidine rings is 1. The first-order valence-electron chi connectivity index (χ1n) is 14.5. The highest BCUT2D eigenvalue weighted by atomic mass is 35.5. The number of urea groups is 1. The van der Waals surface area contributed by atoms with E-state index in [1.54, 1.807) is 38.6 Å². The zero-order chi connectivity index (χ0) is 30.4. The van der Waals surface area contributed by atoms with Crippen molar-refractivity contribution in [2.24, 2.45) is 0 Å². The summed E-state index contributed by atoms with van der Waals surface area (Å²) < 4.78 is 46.2. The van der Waals surface area contributed by atoms with Gasteiger partial charge in [0, 0.05) is 43.3 Å². The lowest BCUT2D eigenvalue weighted by atomic mass is 9.98. The summed E-state index contributed by atoms with van der Waals surface area (Å²) in [5, 5.41) is 11.3. The fourth-order valence-corrected chi connectivity index (χ4v) is 7.33. The lowest BCUT2D eigenvalue weighted by Gasteiger charge is -2.33. The molecule has 1 aromatic carbocycles. The fourth-order valence-electron chi connectivity index (χ4n) is 7.05. The van der Waals surface area contributed by atoms with Gasteiger partial charge < -0.3 is 14.8 Å². The highest BCUT2D eigenvalue weighted by molar-refractivity contribution is 6.35. The van der Waals surface area contributed by atoms with Gasteiger partial charge in [0.05, 0.1) is 40.5 Å². The van der Waals surface area contributed by atoms with Crippen LogP contribution in [0.5, 0.6) is 0 Å². The van der Waals surface area contributed by atoms with Gasteiger partial charge in [-0.15, -0.1) is 0 Å². The smallest absolute Gasteiger partial charge is 0.328 e. The summed E-state index contributed by atoms with van der Waals surface area (Å²) in [7, 11) is 0. The second-order valence-corrected chi connectivity index (χ2v) is 12.3. The number of benzene rings is 1. The Morgan fingerprint density at radius 2 is 1.95 bits per heavy atom. The number of carbonyl (C=O) groups is 1. The van der Waals surface area contributed by atoms with E-state index in [0.29, 0.717) is 54.4 Å². The van der Waals surface area contributed by atoms with Crippen molar-refractivity contribution in [2.45, 2.75) is 62.3 Å². The van der Waals surface area contributed by atoms with Gasteiger partial charge in [0.15, 0.2) is 5.65 Å². The second kappa shape index (κ2) is 9.58. The predicted octanol–water partition coefficient (Wildman–Crippen LogP) is 4.74. The Kier molecular flexibility index (Phi) is 5.93. The predicted molar refractivity (Wildman–Crippen MR) is 155 cm³/mol. The van der Waals surface area contributed by atoms with Crippen LogP contribution in [0.3, 0.4) is 0 Å². The van der Waals surface area contributed by atoms with E-state index in [1.165, 1.54) is 6.20 Å². The van der Waals surface area contributed by atoms with Crippen molar-refractivity contribution in [3.63, 3.8) is 0 Å². The van der Waals surface area contributed by atoms with Crippen molar-refractivity contribution in [3.05, 3.63) is 74.9 Å². The number of alkyl halides is 3. The molecule has 1 atom stereocenters. The van der Waals surface area contributed by atoms with Crippen molar-refractivity contribution >= 4 is 39.7 Å². The van der Waals surface area contributed by atoms with Gasteiger partial charge in [0.1, 0.15) is 11.2 Å². The van der Waals surface area contributed by atoms with Crippen molar-refractivity contribution in [3.8, 4) is 0 Å². The number of carbonyl (C=O) groups excluding carboxylic acids is 1. The molecule has 11 nitrogen and oxygen atoms in total. The van der Waals surface area contributed by atoms with Crippen LogP contribution < -0.4 is 11.0 Å². The Labute approximate surface area is 252 Å². The number of nitrogens with one attached hydrogen (secondary N) is 3. The minimum absolute atomic E-state index is 0.00220. The standard InChI is InChI=1S/C29H27ClF3N9O2/c30-19-10-15-11-20(37-26(43)40-8-3-16(4-9-40)42-21-2-1-7-34-24(21)38-27(42)44)25-35-13-22(28(5-6-28)29(31,32)33)41(25)14-18(15)17-12-36-39-23(17)19/h1-2,7,10,12-13,16,20H,3-6,8-9,11,14H2,(H,36,39)(H,37,43)(H,34,38,44)/t20-/m1/s1. The molecule has 5 aromatic rings. The van der Waals surface area contributed by atoms with Crippen LogP contribution in [-0.4, -0.2) is 64.5 Å². The minimum Gasteiger partial charge on any atom is -0.328 e. The number of halogens is 4. The zero-order valence-corrected chi connectivity index (χ0v) is 24.0. The Morgan fingerprint density at radius 3 is 2.70 bits per heavy atom. The number of nitrogens with zero attached hydrogens (tertiary/aromatic N) is 6. The third-order valence-corrected chi connectivity index (χ3v) is 9.82. The lowest BCUT2D eigenvalue weighted by molar-refractivity contribution is -0.162. The highest BCUT2D eigenvalue weighted by Crippen LogP contribution is 2.59. The Balaban J connectivity index is 1.09. The maximum absolute atomic E-state index is 14.3. The summed E-state index contributed by atoms with van der Waals surface area (Å²) in [5.74, 6) is 0.376. The van der Waals surface area contributed by atoms with Crippen LogP contribution in [0.4, 0.5) is 18.0 Å². The van der Waals surface area contributed by atoms with E-state index < -0.39 is 17.6 Å². The average Bonchev–Trinajstić information content (AvgIpc) is 3.36. The van der Waals surface area contributed by atoms with Crippen LogP contribution in [0.2, 0.25) is 5.02 Å². The van der Waals surface area contributed by atoms with Gasteiger partial charge in [-0.3, -0.25) is 14.6 Å². The summed E-state index contributed by atoms with van der Waals surface area (Å²) in [4.78, 5) is 39.5. The maximum Gasteiger partial charge on any atom is 0.399 e. The second-order valence-electron chi connectivity index (χ2n) is 11.9. The van der Waals surface area contributed by atoms with Crippen LogP contribution in [-0.2, 0) is 18.4 Å². The number of pyridine rings is 1. The molecule has 15 heteroatoms. The number of aromatic amines is 2. The van der Waals surface area contributed by atoms with Gasteiger partial charge >= 0.3 is 17.9 Å². The summed E-state index contributed by atoms with van der Waals surface area (Å²) in [6.07, 6.45) is 1.56. The van der Waals surface area contributed by atoms with E-state index >= 15 is 0 Å². The SMILES string of the molecule is O=C(N[C@@H]1Cc2cc(Cl)c3[nH]ncc3c2Cn2c(C3(C(F)(F)F)CC3)cnc21)N1CCC(n2c(=O)[nH]c3ncccc32)CC1. The third kappa shape index (κ3) is 4.06. The van der Waals surface area contributed by atoms with Crippen LogP contribution in [0.25, 0.3) is 22.1 Å². The number of imidazole rings is 2. The quantitative estimate of drug-likeness (QED) is 0.267. The van der Waals surface area contributed by atoms with Crippen LogP contribution in [0.15, 0.2) is 41.6 Å². The molecule has 0 unspecified atom stereocenters.